The molecule has 5 nitrogen and oxygen atoms in total. The van der Waals surface area contributed by atoms with Crippen molar-refractivity contribution in [1.82, 2.24) is 14.8 Å². The van der Waals surface area contributed by atoms with Crippen molar-refractivity contribution in [3.8, 4) is 0 Å². The van der Waals surface area contributed by atoms with Gasteiger partial charge in [-0.1, -0.05) is 24.3 Å². The number of fused-ring (bicyclic) bond motifs is 4. The first-order chi connectivity index (χ1) is 11.2. The van der Waals surface area contributed by atoms with E-state index in [9.17, 15) is 4.79 Å². The second kappa shape index (κ2) is 5.91. The van der Waals surface area contributed by atoms with Crippen LogP contribution in [0, 0.1) is 5.92 Å². The molecule has 2 fully saturated rings. The monoisotopic (exact) mass is 311 g/mol. The molecule has 2 atom stereocenters. The van der Waals surface area contributed by atoms with Crippen molar-refractivity contribution in [3.63, 3.8) is 0 Å². The molecule has 23 heavy (non-hydrogen) atoms. The van der Waals surface area contributed by atoms with Gasteiger partial charge in [-0.15, -0.1) is 0 Å². The maximum atomic E-state index is 13.0. The van der Waals surface area contributed by atoms with Crippen LogP contribution in [0.1, 0.15) is 10.5 Å². The van der Waals surface area contributed by atoms with Gasteiger partial charge >= 0.3 is 0 Å². The predicted molar refractivity (Wildman–Crippen MR) is 88.4 cm³/mol. The van der Waals surface area contributed by atoms with Crippen LogP contribution in [0.2, 0.25) is 0 Å². The third-order valence-corrected chi connectivity index (χ3v) is 4.76. The second-order valence-electron chi connectivity index (χ2n) is 6.65. The molecule has 2 aliphatic rings. The van der Waals surface area contributed by atoms with Gasteiger partial charge in [0.25, 0.3) is 5.91 Å². The molecule has 2 aliphatic heterocycles. The van der Waals surface area contributed by atoms with Gasteiger partial charge in [0.1, 0.15) is 5.69 Å². The van der Waals surface area contributed by atoms with E-state index in [2.05, 4.69) is 16.9 Å². The summed E-state index contributed by atoms with van der Waals surface area (Å²) >= 11 is 0. The number of hydrogen-bond acceptors (Lipinski definition) is 4. The second-order valence-corrected chi connectivity index (χ2v) is 6.65. The summed E-state index contributed by atoms with van der Waals surface area (Å²) in [5, 5.41) is 2.11. The van der Waals surface area contributed by atoms with Gasteiger partial charge in [0.2, 0.25) is 0 Å². The zero-order valence-corrected chi connectivity index (χ0v) is 13.3. The highest BCUT2D eigenvalue weighted by Gasteiger charge is 2.35. The lowest BCUT2D eigenvalue weighted by atomic mass is 10.1. The van der Waals surface area contributed by atoms with E-state index in [1.807, 2.05) is 35.2 Å². The van der Waals surface area contributed by atoms with Gasteiger partial charge in [0, 0.05) is 37.1 Å². The maximum absolute atomic E-state index is 13.0. The third kappa shape index (κ3) is 2.82. The zero-order valence-electron chi connectivity index (χ0n) is 13.3. The van der Waals surface area contributed by atoms with Gasteiger partial charge in [-0.25, -0.2) is 0 Å². The van der Waals surface area contributed by atoms with Gasteiger partial charge in [0.15, 0.2) is 0 Å². The first-order valence-corrected chi connectivity index (χ1v) is 8.13. The SMILES string of the molecule is CN1C[C@@H]2COC[C@H](C1)N(C(=O)c1cc3ccccc3cn1)C2. The Kier molecular flexibility index (Phi) is 3.75. The number of rotatable bonds is 1. The van der Waals surface area contributed by atoms with E-state index in [4.69, 9.17) is 4.74 Å². The number of pyridine rings is 1. The summed E-state index contributed by atoms with van der Waals surface area (Å²) < 4.78 is 5.76. The third-order valence-electron chi connectivity index (χ3n) is 4.76. The summed E-state index contributed by atoms with van der Waals surface area (Å²) in [4.78, 5) is 21.7. The van der Waals surface area contributed by atoms with Crippen LogP contribution in [-0.4, -0.2) is 66.6 Å². The van der Waals surface area contributed by atoms with Crippen LogP contribution in [0.25, 0.3) is 10.8 Å². The average Bonchev–Trinajstić information content (AvgIpc) is 2.84. The van der Waals surface area contributed by atoms with Gasteiger partial charge in [0.05, 0.1) is 19.3 Å². The smallest absolute Gasteiger partial charge is 0.272 e. The minimum atomic E-state index is 0.0200. The topological polar surface area (TPSA) is 45.7 Å². The molecule has 120 valence electrons. The van der Waals surface area contributed by atoms with E-state index in [1.54, 1.807) is 6.20 Å². The van der Waals surface area contributed by atoms with Crippen LogP contribution in [0.5, 0.6) is 0 Å². The molecule has 1 aromatic heterocycles. The molecule has 0 saturated carbocycles. The highest BCUT2D eigenvalue weighted by Crippen LogP contribution is 2.22. The van der Waals surface area contributed by atoms with Crippen molar-refractivity contribution in [2.75, 3.05) is 39.9 Å². The Balaban J connectivity index is 1.66. The van der Waals surface area contributed by atoms with Crippen molar-refractivity contribution in [2.24, 2.45) is 5.92 Å². The van der Waals surface area contributed by atoms with E-state index >= 15 is 0 Å². The molecule has 0 N–H and O–H groups in total. The highest BCUT2D eigenvalue weighted by molar-refractivity contribution is 5.96. The molecule has 2 bridgehead atoms. The Labute approximate surface area is 135 Å². The number of ether oxygens (including phenoxy) is 1. The van der Waals surface area contributed by atoms with Crippen LogP contribution >= 0.6 is 0 Å². The Morgan fingerprint density at radius 2 is 2.00 bits per heavy atom. The first kappa shape index (κ1) is 14.6. The lowest BCUT2D eigenvalue weighted by Gasteiger charge is -2.29. The Morgan fingerprint density at radius 1 is 1.17 bits per heavy atom. The fourth-order valence-electron chi connectivity index (χ4n) is 3.67. The van der Waals surface area contributed by atoms with Crippen LogP contribution in [0.15, 0.2) is 36.5 Å². The summed E-state index contributed by atoms with van der Waals surface area (Å²) in [5.41, 5.74) is 0.527. The average molecular weight is 311 g/mol. The van der Waals surface area contributed by atoms with Crippen LogP contribution in [0.4, 0.5) is 0 Å². The first-order valence-electron chi connectivity index (χ1n) is 8.13. The molecular formula is C18H21N3O2. The van der Waals surface area contributed by atoms with Crippen molar-refractivity contribution in [3.05, 3.63) is 42.2 Å². The fraction of sp³-hybridized carbons (Fsp3) is 0.444. The van der Waals surface area contributed by atoms with Crippen LogP contribution in [-0.2, 0) is 4.74 Å². The number of hydrogen-bond donors (Lipinski definition) is 0. The van der Waals surface area contributed by atoms with E-state index in [0.717, 1.165) is 37.0 Å². The van der Waals surface area contributed by atoms with Crippen LogP contribution in [0.3, 0.4) is 0 Å². The molecule has 1 amide bonds. The molecule has 5 heteroatoms. The number of benzene rings is 1. The molecule has 0 unspecified atom stereocenters. The van der Waals surface area contributed by atoms with Gasteiger partial charge in [-0.05, 0) is 18.5 Å². The maximum Gasteiger partial charge on any atom is 0.272 e. The standard InChI is InChI=1S/C18H21N3O2/c1-20-8-13-9-21(16(10-20)12-23-11-13)18(22)17-6-14-4-2-3-5-15(14)7-19-17/h2-7,13,16H,8-12H2,1H3/t13-,16-/m0/s1. The summed E-state index contributed by atoms with van der Waals surface area (Å²) in [7, 11) is 2.12. The molecule has 2 saturated heterocycles. The largest absolute Gasteiger partial charge is 0.379 e. The van der Waals surface area contributed by atoms with Crippen molar-refractivity contribution in [2.45, 2.75) is 6.04 Å². The molecular weight excluding hydrogens is 290 g/mol. The number of likely N-dealkylation sites (N-methyl/N-ethyl adjacent to an activating group) is 1. The molecule has 2 aromatic rings. The summed E-state index contributed by atoms with van der Waals surface area (Å²) in [6.45, 7) is 3.93. The fourth-order valence-corrected chi connectivity index (χ4v) is 3.67. The lowest BCUT2D eigenvalue weighted by Crippen LogP contribution is -2.46. The number of nitrogens with zero attached hydrogens (tertiary/aromatic N) is 3. The number of aromatic nitrogens is 1. The minimum Gasteiger partial charge on any atom is -0.379 e. The number of carbonyl (C=O) groups excluding carboxylic acids is 1. The van der Waals surface area contributed by atoms with E-state index in [-0.39, 0.29) is 11.9 Å². The Hall–Kier alpha value is -1.98. The molecule has 0 radical (unpaired) electrons. The van der Waals surface area contributed by atoms with Gasteiger partial charge in [-0.2, -0.15) is 0 Å². The normalized spacial score (nSPS) is 25.3. The quantitative estimate of drug-likeness (QED) is 0.803. The van der Waals surface area contributed by atoms with Crippen molar-refractivity contribution >= 4 is 16.7 Å². The van der Waals surface area contributed by atoms with Crippen LogP contribution < -0.4 is 0 Å². The van der Waals surface area contributed by atoms with E-state index in [1.165, 1.54) is 0 Å². The van der Waals surface area contributed by atoms with Crippen molar-refractivity contribution < 1.29 is 9.53 Å². The number of carbonyl (C=O) groups is 1. The van der Waals surface area contributed by atoms with Crippen molar-refractivity contribution in [1.29, 1.82) is 0 Å². The summed E-state index contributed by atoms with van der Waals surface area (Å²) in [5.74, 6) is 0.392. The summed E-state index contributed by atoms with van der Waals surface area (Å²) in [6.07, 6.45) is 1.79. The Morgan fingerprint density at radius 3 is 2.87 bits per heavy atom. The summed E-state index contributed by atoms with van der Waals surface area (Å²) in [6, 6.07) is 10.0. The van der Waals surface area contributed by atoms with Gasteiger partial charge in [-0.3, -0.25) is 9.78 Å². The molecule has 1 aromatic carbocycles. The highest BCUT2D eigenvalue weighted by atomic mass is 16.5. The minimum absolute atomic E-state index is 0.0200. The van der Waals surface area contributed by atoms with Gasteiger partial charge < -0.3 is 14.5 Å². The lowest BCUT2D eigenvalue weighted by molar-refractivity contribution is 0.0480. The van der Waals surface area contributed by atoms with E-state index < -0.39 is 0 Å². The van der Waals surface area contributed by atoms with E-state index in [0.29, 0.717) is 18.2 Å². The molecule has 3 heterocycles. The zero-order chi connectivity index (χ0) is 15.8. The number of amides is 1. The molecule has 0 spiro atoms. The predicted octanol–water partition coefficient (Wildman–Crippen LogP) is 1.64. The molecule has 4 rings (SSSR count). The molecule has 0 aliphatic carbocycles. The Bertz CT molecular complexity index is 733.